The second kappa shape index (κ2) is 11.7. The fraction of sp³-hybridized carbons (Fsp3) is 0.483. The van der Waals surface area contributed by atoms with Crippen molar-refractivity contribution in [1.82, 2.24) is 19.6 Å². The Morgan fingerprint density at radius 2 is 1.87 bits per heavy atom. The van der Waals surface area contributed by atoms with E-state index in [4.69, 9.17) is 14.3 Å². The molecule has 0 saturated carbocycles. The number of amides is 1. The van der Waals surface area contributed by atoms with Gasteiger partial charge in [0, 0.05) is 51.3 Å². The van der Waals surface area contributed by atoms with Crippen molar-refractivity contribution in [3.63, 3.8) is 0 Å². The number of likely N-dealkylation sites (tertiary alicyclic amines) is 1. The average Bonchev–Trinajstić information content (AvgIpc) is 3.59. The molecule has 2 unspecified atom stereocenters. The highest BCUT2D eigenvalue weighted by Gasteiger charge is 2.36. The molecule has 2 fully saturated rings. The fourth-order valence-electron chi connectivity index (χ4n) is 5.59. The molecule has 2 aromatic heterocycles. The van der Waals surface area contributed by atoms with Crippen LogP contribution >= 0.6 is 0 Å². The highest BCUT2D eigenvalue weighted by molar-refractivity contribution is 5.95. The van der Waals surface area contributed by atoms with Crippen molar-refractivity contribution in [3.05, 3.63) is 71.1 Å². The molecule has 0 spiro atoms. The smallest absolute Gasteiger partial charge is 0.315 e. The number of benzene rings is 1. The van der Waals surface area contributed by atoms with E-state index in [1.165, 1.54) is 23.1 Å². The molecule has 208 valence electrons. The number of hydrogen-bond acceptors (Lipinski definition) is 7. The van der Waals surface area contributed by atoms with Gasteiger partial charge >= 0.3 is 5.91 Å². The van der Waals surface area contributed by atoms with Crippen LogP contribution in [0.25, 0.3) is 0 Å². The molecule has 9 nitrogen and oxygen atoms in total. The molecule has 0 radical (unpaired) electrons. The van der Waals surface area contributed by atoms with E-state index in [0.717, 1.165) is 36.3 Å². The number of carbonyl (C=O) groups is 2. The van der Waals surface area contributed by atoms with Crippen molar-refractivity contribution >= 4 is 17.6 Å². The minimum atomic E-state index is -0.362. The molecular weight excluding hydrogens is 501 g/mol. The average molecular weight is 538 g/mol. The number of furan rings is 1. The maximum atomic E-state index is 13.5. The molecule has 1 aromatic carbocycles. The summed E-state index contributed by atoms with van der Waals surface area (Å²) in [6, 6.07) is 9.63. The van der Waals surface area contributed by atoms with Gasteiger partial charge in [0.1, 0.15) is 11.6 Å². The summed E-state index contributed by atoms with van der Waals surface area (Å²) in [5.74, 6) is 0.575. The molecule has 5 rings (SSSR count). The second-order valence-corrected chi connectivity index (χ2v) is 10.6. The van der Waals surface area contributed by atoms with Crippen LogP contribution in [-0.4, -0.2) is 84.4 Å². The van der Waals surface area contributed by atoms with Gasteiger partial charge in [-0.2, -0.15) is 9.78 Å². The second-order valence-electron chi connectivity index (χ2n) is 10.6. The molecule has 3 aromatic rings. The zero-order valence-corrected chi connectivity index (χ0v) is 22.8. The Bertz CT molecular complexity index is 1280. The number of nitrogens with zero attached hydrogens (tertiary/aromatic N) is 5. The predicted molar refractivity (Wildman–Crippen MR) is 144 cm³/mol. The van der Waals surface area contributed by atoms with Crippen molar-refractivity contribution < 1.29 is 23.1 Å². The van der Waals surface area contributed by atoms with Crippen LogP contribution in [-0.2, 0) is 16.1 Å². The lowest BCUT2D eigenvalue weighted by Gasteiger charge is -2.38. The molecular formula is C29H36FN5O4. The Kier molecular flexibility index (Phi) is 8.13. The van der Waals surface area contributed by atoms with Crippen LogP contribution in [0.15, 0.2) is 47.1 Å². The van der Waals surface area contributed by atoms with E-state index in [1.807, 2.05) is 23.8 Å². The Morgan fingerprint density at radius 1 is 1.13 bits per heavy atom. The van der Waals surface area contributed by atoms with E-state index in [1.54, 1.807) is 24.3 Å². The monoisotopic (exact) mass is 537 g/mol. The number of carbonyl (C=O) groups excluding carboxylic acids is 2. The first-order valence-electron chi connectivity index (χ1n) is 13.5. The van der Waals surface area contributed by atoms with Gasteiger partial charge in [-0.25, -0.2) is 4.39 Å². The zero-order valence-electron chi connectivity index (χ0n) is 22.8. The molecule has 0 aliphatic carbocycles. The lowest BCUT2D eigenvalue weighted by Crippen LogP contribution is -2.48. The van der Waals surface area contributed by atoms with Crippen LogP contribution in [0.2, 0.25) is 0 Å². The Labute approximate surface area is 228 Å². The minimum absolute atomic E-state index is 0.0176. The molecule has 2 aliphatic heterocycles. The Hall–Kier alpha value is -3.50. The van der Waals surface area contributed by atoms with Crippen LogP contribution in [0.5, 0.6) is 0 Å². The Balaban J connectivity index is 1.43. The van der Waals surface area contributed by atoms with Crippen LogP contribution in [0.1, 0.15) is 46.6 Å². The van der Waals surface area contributed by atoms with Crippen LogP contribution in [0.4, 0.5) is 10.2 Å². The lowest BCUT2D eigenvalue weighted by atomic mass is 9.83. The van der Waals surface area contributed by atoms with E-state index >= 15 is 0 Å². The highest BCUT2D eigenvalue weighted by atomic mass is 19.1. The van der Waals surface area contributed by atoms with E-state index < -0.39 is 0 Å². The quantitative estimate of drug-likeness (QED) is 0.456. The first-order valence-corrected chi connectivity index (χ1v) is 13.5. The normalized spacial score (nSPS) is 20.3. The highest BCUT2D eigenvalue weighted by Crippen LogP contribution is 2.37. The topological polar surface area (TPSA) is 84.0 Å². The number of halogens is 1. The molecule has 2 aliphatic rings. The van der Waals surface area contributed by atoms with E-state index in [2.05, 4.69) is 11.8 Å². The molecule has 39 heavy (non-hydrogen) atoms. The van der Waals surface area contributed by atoms with Gasteiger partial charge in [0.25, 0.3) is 0 Å². The summed E-state index contributed by atoms with van der Waals surface area (Å²) in [4.78, 5) is 32.8. The maximum absolute atomic E-state index is 13.5. The third kappa shape index (κ3) is 5.91. The summed E-state index contributed by atoms with van der Waals surface area (Å²) < 4.78 is 25.7. The third-order valence-electron chi connectivity index (χ3n) is 7.87. The lowest BCUT2D eigenvalue weighted by molar-refractivity contribution is -0.135. The summed E-state index contributed by atoms with van der Waals surface area (Å²) in [5.41, 5.74) is 2.61. The summed E-state index contributed by atoms with van der Waals surface area (Å²) in [7, 11) is 1.89. The number of morpholine rings is 1. The van der Waals surface area contributed by atoms with E-state index in [-0.39, 0.29) is 35.2 Å². The molecule has 2 saturated heterocycles. The summed E-state index contributed by atoms with van der Waals surface area (Å²) >= 11 is 0. The molecule has 0 bridgehead atoms. The standard InChI is InChI=1S/C29H36FN5O4/c1-20-10-11-34(26(36)19-33-12-15-38-16-13-33)18-24(20)27-21(2)28(32(3)17-22-6-8-23(30)9-7-22)35(31-27)29(37)25-5-4-14-39-25/h4-9,14,20,24H,10-13,15-19H2,1-3H3. The van der Waals surface area contributed by atoms with Crippen molar-refractivity contribution in [1.29, 1.82) is 0 Å². The predicted octanol–water partition coefficient (Wildman–Crippen LogP) is 3.53. The first-order chi connectivity index (χ1) is 18.8. The van der Waals surface area contributed by atoms with Gasteiger partial charge in [-0.1, -0.05) is 19.1 Å². The summed E-state index contributed by atoms with van der Waals surface area (Å²) in [6.07, 6.45) is 2.33. The SMILES string of the molecule is Cc1c(C2CN(C(=O)CN3CCOCC3)CCC2C)nn(C(=O)c2ccco2)c1N(C)Cc1ccc(F)cc1. The summed E-state index contributed by atoms with van der Waals surface area (Å²) in [6.45, 7) is 9.12. The van der Waals surface area contributed by atoms with Crippen LogP contribution in [0, 0.1) is 18.7 Å². The fourth-order valence-corrected chi connectivity index (χ4v) is 5.59. The van der Waals surface area contributed by atoms with Gasteiger partial charge in [-0.05, 0) is 49.1 Å². The number of ether oxygens (including phenoxy) is 1. The number of anilines is 1. The third-order valence-corrected chi connectivity index (χ3v) is 7.87. The van der Waals surface area contributed by atoms with Crippen LogP contribution < -0.4 is 4.90 Å². The summed E-state index contributed by atoms with van der Waals surface area (Å²) in [5, 5.41) is 4.87. The first kappa shape index (κ1) is 27.1. The van der Waals surface area contributed by atoms with Gasteiger partial charge < -0.3 is 19.0 Å². The number of rotatable bonds is 7. The largest absolute Gasteiger partial charge is 0.459 e. The molecule has 2 atom stereocenters. The van der Waals surface area contributed by atoms with Crippen molar-refractivity contribution in [2.24, 2.45) is 5.92 Å². The number of hydrogen-bond donors (Lipinski definition) is 0. The number of aromatic nitrogens is 2. The van der Waals surface area contributed by atoms with Gasteiger partial charge in [-0.3, -0.25) is 14.5 Å². The molecule has 10 heteroatoms. The zero-order chi connectivity index (χ0) is 27.5. The van der Waals surface area contributed by atoms with Crippen molar-refractivity contribution in [2.45, 2.75) is 32.7 Å². The Morgan fingerprint density at radius 3 is 2.56 bits per heavy atom. The van der Waals surface area contributed by atoms with Crippen molar-refractivity contribution in [2.75, 3.05) is 57.9 Å². The van der Waals surface area contributed by atoms with Gasteiger partial charge in [0.05, 0.1) is 31.7 Å². The van der Waals surface area contributed by atoms with Gasteiger partial charge in [0.2, 0.25) is 5.91 Å². The van der Waals surface area contributed by atoms with Gasteiger partial charge in [-0.15, -0.1) is 0 Å². The van der Waals surface area contributed by atoms with Crippen molar-refractivity contribution in [3.8, 4) is 0 Å². The molecule has 0 N–H and O–H groups in total. The van der Waals surface area contributed by atoms with Gasteiger partial charge in [0.15, 0.2) is 5.76 Å². The van der Waals surface area contributed by atoms with E-state index in [0.29, 0.717) is 45.2 Å². The minimum Gasteiger partial charge on any atom is -0.459 e. The number of piperidine rings is 1. The van der Waals surface area contributed by atoms with Crippen LogP contribution in [0.3, 0.4) is 0 Å². The van der Waals surface area contributed by atoms with E-state index in [9.17, 15) is 14.0 Å². The molecule has 4 heterocycles. The molecule has 1 amide bonds. The maximum Gasteiger partial charge on any atom is 0.315 e.